The van der Waals surface area contributed by atoms with E-state index in [1.54, 1.807) is 16.8 Å². The maximum absolute atomic E-state index is 12.8. The molecule has 1 N–H and O–H groups in total. The molecule has 3 rings (SSSR count). The SMILES string of the molecule is CN(C)C1CCN(CCNC(=O)N(C)C2CCN(c3ccccc3)C2=O)CC1. The molecule has 1 aromatic carbocycles. The van der Waals surface area contributed by atoms with Gasteiger partial charge in [0.15, 0.2) is 0 Å². The minimum absolute atomic E-state index is 0.00499. The van der Waals surface area contributed by atoms with Crippen LogP contribution in [0.4, 0.5) is 10.5 Å². The average molecular weight is 388 g/mol. The number of likely N-dealkylation sites (tertiary alicyclic amines) is 1. The highest BCUT2D eigenvalue weighted by molar-refractivity contribution is 6.01. The molecular formula is C21H33N5O2. The highest BCUT2D eigenvalue weighted by Gasteiger charge is 2.37. The van der Waals surface area contributed by atoms with E-state index < -0.39 is 6.04 Å². The molecular weight excluding hydrogens is 354 g/mol. The van der Waals surface area contributed by atoms with Crippen LogP contribution in [0.15, 0.2) is 30.3 Å². The lowest BCUT2D eigenvalue weighted by molar-refractivity contribution is -0.120. The van der Waals surface area contributed by atoms with Crippen LogP contribution in [0.3, 0.4) is 0 Å². The van der Waals surface area contributed by atoms with Crippen molar-refractivity contribution in [2.45, 2.75) is 31.3 Å². The van der Waals surface area contributed by atoms with Crippen LogP contribution in [0, 0.1) is 0 Å². The zero-order chi connectivity index (χ0) is 20.1. The zero-order valence-corrected chi connectivity index (χ0v) is 17.3. The van der Waals surface area contributed by atoms with Gasteiger partial charge in [-0.3, -0.25) is 4.79 Å². The van der Waals surface area contributed by atoms with Crippen molar-refractivity contribution in [1.82, 2.24) is 20.0 Å². The lowest BCUT2D eigenvalue weighted by Gasteiger charge is -2.35. The van der Waals surface area contributed by atoms with Gasteiger partial charge in [-0.25, -0.2) is 4.79 Å². The molecule has 0 bridgehead atoms. The monoisotopic (exact) mass is 387 g/mol. The summed E-state index contributed by atoms with van der Waals surface area (Å²) >= 11 is 0. The molecule has 0 radical (unpaired) electrons. The summed E-state index contributed by atoms with van der Waals surface area (Å²) < 4.78 is 0. The first-order valence-electron chi connectivity index (χ1n) is 10.2. The quantitative estimate of drug-likeness (QED) is 0.803. The van der Waals surface area contributed by atoms with Gasteiger partial charge in [-0.05, 0) is 58.6 Å². The second kappa shape index (κ2) is 9.39. The number of para-hydroxylation sites is 1. The molecule has 2 fully saturated rings. The number of nitrogens with zero attached hydrogens (tertiary/aromatic N) is 4. The molecule has 7 heteroatoms. The number of carbonyl (C=O) groups excluding carboxylic acids is 2. The van der Waals surface area contributed by atoms with Gasteiger partial charge in [0.05, 0.1) is 0 Å². The van der Waals surface area contributed by atoms with E-state index in [9.17, 15) is 9.59 Å². The summed E-state index contributed by atoms with van der Waals surface area (Å²) in [6, 6.07) is 9.75. The summed E-state index contributed by atoms with van der Waals surface area (Å²) in [6.07, 6.45) is 3.01. The molecule has 1 aromatic rings. The first-order valence-corrected chi connectivity index (χ1v) is 10.2. The van der Waals surface area contributed by atoms with Gasteiger partial charge in [0.2, 0.25) is 5.91 Å². The fourth-order valence-corrected chi connectivity index (χ4v) is 4.14. The van der Waals surface area contributed by atoms with Gasteiger partial charge >= 0.3 is 6.03 Å². The number of carbonyl (C=O) groups is 2. The van der Waals surface area contributed by atoms with Gasteiger partial charge in [-0.1, -0.05) is 18.2 Å². The van der Waals surface area contributed by atoms with Crippen molar-refractivity contribution in [2.75, 3.05) is 58.8 Å². The summed E-state index contributed by atoms with van der Waals surface area (Å²) in [6.45, 7) is 4.25. The van der Waals surface area contributed by atoms with Gasteiger partial charge in [-0.2, -0.15) is 0 Å². The van der Waals surface area contributed by atoms with E-state index in [0.717, 1.165) is 25.3 Å². The van der Waals surface area contributed by atoms with Crippen LogP contribution < -0.4 is 10.2 Å². The van der Waals surface area contributed by atoms with E-state index in [0.29, 0.717) is 25.6 Å². The zero-order valence-electron chi connectivity index (χ0n) is 17.3. The highest BCUT2D eigenvalue weighted by atomic mass is 16.2. The minimum Gasteiger partial charge on any atom is -0.337 e. The molecule has 0 saturated carbocycles. The number of anilines is 1. The van der Waals surface area contributed by atoms with Gasteiger partial charge in [0.1, 0.15) is 6.04 Å². The van der Waals surface area contributed by atoms with Gasteiger partial charge in [0, 0.05) is 38.4 Å². The third kappa shape index (κ3) is 4.83. The molecule has 0 spiro atoms. The predicted octanol–water partition coefficient (Wildman–Crippen LogP) is 1.46. The van der Waals surface area contributed by atoms with Crippen LogP contribution in [0.5, 0.6) is 0 Å². The predicted molar refractivity (Wildman–Crippen MR) is 112 cm³/mol. The third-order valence-corrected chi connectivity index (χ3v) is 6.02. The molecule has 7 nitrogen and oxygen atoms in total. The number of benzene rings is 1. The molecule has 0 aliphatic carbocycles. The first-order chi connectivity index (χ1) is 13.5. The Morgan fingerprint density at radius 3 is 2.39 bits per heavy atom. The summed E-state index contributed by atoms with van der Waals surface area (Å²) in [4.78, 5) is 33.3. The molecule has 2 heterocycles. The summed E-state index contributed by atoms with van der Waals surface area (Å²) in [5.74, 6) is -0.00499. The molecule has 1 unspecified atom stereocenters. The van der Waals surface area contributed by atoms with Crippen LogP contribution in [0.1, 0.15) is 19.3 Å². The number of rotatable bonds is 6. The molecule has 1 atom stereocenters. The first kappa shape index (κ1) is 20.6. The number of nitrogens with one attached hydrogen (secondary N) is 1. The van der Waals surface area contributed by atoms with Gasteiger partial charge in [-0.15, -0.1) is 0 Å². The van der Waals surface area contributed by atoms with Gasteiger partial charge < -0.3 is 24.9 Å². The van der Waals surface area contributed by atoms with Crippen LogP contribution in [-0.4, -0.2) is 92.6 Å². The van der Waals surface area contributed by atoms with Crippen molar-refractivity contribution in [3.63, 3.8) is 0 Å². The van der Waals surface area contributed by atoms with Crippen molar-refractivity contribution in [2.24, 2.45) is 0 Å². The van der Waals surface area contributed by atoms with E-state index in [1.807, 2.05) is 30.3 Å². The minimum atomic E-state index is -0.393. The standard InChI is InChI=1S/C21H33N5O2/c1-23(2)17-9-13-25(14-10-17)16-12-22-21(28)24(3)19-11-15-26(20(19)27)18-7-5-4-6-8-18/h4-8,17,19H,9-16H2,1-3H3,(H,22,28). The average Bonchev–Trinajstić information content (AvgIpc) is 3.09. The van der Waals surface area contributed by atoms with E-state index in [4.69, 9.17) is 0 Å². The van der Waals surface area contributed by atoms with Crippen molar-refractivity contribution in [3.8, 4) is 0 Å². The fraction of sp³-hybridized carbons (Fsp3) is 0.619. The van der Waals surface area contributed by atoms with E-state index in [-0.39, 0.29) is 11.9 Å². The Morgan fingerprint density at radius 2 is 1.75 bits per heavy atom. The largest absolute Gasteiger partial charge is 0.337 e. The van der Waals surface area contributed by atoms with E-state index >= 15 is 0 Å². The summed E-state index contributed by atoms with van der Waals surface area (Å²) in [7, 11) is 5.99. The van der Waals surface area contributed by atoms with Crippen LogP contribution in [0.2, 0.25) is 0 Å². The Bertz CT molecular complexity index is 658. The molecule has 154 valence electrons. The van der Waals surface area contributed by atoms with Crippen LogP contribution in [-0.2, 0) is 4.79 Å². The van der Waals surface area contributed by atoms with Crippen LogP contribution >= 0.6 is 0 Å². The van der Waals surface area contributed by atoms with E-state index in [2.05, 4.69) is 29.2 Å². The summed E-state index contributed by atoms with van der Waals surface area (Å²) in [5.41, 5.74) is 0.893. The number of urea groups is 1. The topological polar surface area (TPSA) is 59.1 Å². The van der Waals surface area contributed by atoms with Crippen molar-refractivity contribution in [1.29, 1.82) is 0 Å². The van der Waals surface area contributed by atoms with Gasteiger partial charge in [0.25, 0.3) is 0 Å². The third-order valence-electron chi connectivity index (χ3n) is 6.02. The Labute approximate surface area is 168 Å². The Hall–Kier alpha value is -2.12. The Kier molecular flexibility index (Phi) is 6.91. The molecule has 2 aliphatic heterocycles. The summed E-state index contributed by atoms with van der Waals surface area (Å²) in [5, 5.41) is 2.98. The smallest absolute Gasteiger partial charge is 0.317 e. The number of hydrogen-bond acceptors (Lipinski definition) is 4. The molecule has 2 saturated heterocycles. The maximum atomic E-state index is 12.8. The Morgan fingerprint density at radius 1 is 1.07 bits per heavy atom. The Balaban J connectivity index is 1.42. The molecule has 2 aliphatic rings. The van der Waals surface area contributed by atoms with Crippen molar-refractivity contribution >= 4 is 17.6 Å². The lowest BCUT2D eigenvalue weighted by atomic mass is 10.0. The van der Waals surface area contributed by atoms with Crippen LogP contribution in [0.25, 0.3) is 0 Å². The molecule has 0 aromatic heterocycles. The maximum Gasteiger partial charge on any atom is 0.317 e. The number of piperidine rings is 1. The highest BCUT2D eigenvalue weighted by Crippen LogP contribution is 2.23. The second-order valence-corrected chi connectivity index (χ2v) is 8.01. The van der Waals surface area contributed by atoms with E-state index in [1.165, 1.54) is 12.8 Å². The molecule has 28 heavy (non-hydrogen) atoms. The normalized spacial score (nSPS) is 21.4. The number of amides is 3. The fourth-order valence-electron chi connectivity index (χ4n) is 4.14. The van der Waals surface area contributed by atoms with Crippen molar-refractivity contribution < 1.29 is 9.59 Å². The second-order valence-electron chi connectivity index (χ2n) is 8.01. The van der Waals surface area contributed by atoms with Crippen molar-refractivity contribution in [3.05, 3.63) is 30.3 Å². The lowest BCUT2D eigenvalue weighted by Crippen LogP contribution is -2.49. The number of likely N-dealkylation sites (N-methyl/N-ethyl adjacent to an activating group) is 1. The number of hydrogen-bond donors (Lipinski definition) is 1. The molecule has 3 amide bonds.